The zero-order valence-electron chi connectivity index (χ0n) is 10.8. The lowest BCUT2D eigenvalue weighted by molar-refractivity contribution is -0.149. The third-order valence-corrected chi connectivity index (χ3v) is 3.47. The van der Waals surface area contributed by atoms with E-state index in [0.29, 0.717) is 0 Å². The Morgan fingerprint density at radius 3 is 2.05 bits per heavy atom. The lowest BCUT2D eigenvalue weighted by Crippen LogP contribution is -2.44. The number of likely N-dealkylation sites (N-methyl/N-ethyl adjacent to an activating group) is 1. The molecule has 0 spiro atoms. The van der Waals surface area contributed by atoms with Gasteiger partial charge in [0, 0.05) is 31.9 Å². The number of nitrogens with two attached hydrogens (primary N) is 1. The molecule has 6 heteroatoms. The lowest BCUT2D eigenvalue weighted by Gasteiger charge is -2.34. The van der Waals surface area contributed by atoms with Crippen LogP contribution in [0.2, 0.25) is 0 Å². The van der Waals surface area contributed by atoms with Gasteiger partial charge in [-0.3, -0.25) is 0 Å². The molecular formula is C13H18F3N3. The van der Waals surface area contributed by atoms with E-state index in [9.17, 15) is 13.2 Å². The van der Waals surface area contributed by atoms with Gasteiger partial charge in [0.15, 0.2) is 0 Å². The minimum Gasteiger partial charge on any atom is -0.369 e. The molecule has 0 saturated carbocycles. The van der Waals surface area contributed by atoms with Crippen molar-refractivity contribution in [1.29, 1.82) is 0 Å². The number of halogens is 3. The second-order valence-electron chi connectivity index (χ2n) is 4.90. The van der Waals surface area contributed by atoms with Gasteiger partial charge in [-0.2, -0.15) is 13.2 Å². The first-order chi connectivity index (χ1) is 8.88. The Labute approximate surface area is 110 Å². The fraction of sp³-hybridized carbons (Fsp3) is 0.538. The van der Waals surface area contributed by atoms with Crippen molar-refractivity contribution in [2.24, 2.45) is 5.73 Å². The molecule has 2 N–H and O–H groups in total. The first-order valence-corrected chi connectivity index (χ1v) is 6.23. The summed E-state index contributed by atoms with van der Waals surface area (Å²) in [6, 6.07) is 4.45. The van der Waals surface area contributed by atoms with Crippen molar-refractivity contribution in [2.75, 3.05) is 38.1 Å². The maximum Gasteiger partial charge on any atom is 0.407 e. The molecule has 0 aromatic heterocycles. The van der Waals surface area contributed by atoms with Crippen LogP contribution in [0.25, 0.3) is 0 Å². The summed E-state index contributed by atoms with van der Waals surface area (Å²) in [6.07, 6.45) is -4.39. The average Bonchev–Trinajstić information content (AvgIpc) is 2.38. The summed E-state index contributed by atoms with van der Waals surface area (Å²) < 4.78 is 37.5. The number of piperazine rings is 1. The van der Waals surface area contributed by atoms with E-state index in [2.05, 4.69) is 16.8 Å². The predicted molar refractivity (Wildman–Crippen MR) is 69.1 cm³/mol. The number of alkyl halides is 3. The Bertz CT molecular complexity index is 408. The smallest absolute Gasteiger partial charge is 0.369 e. The quantitative estimate of drug-likeness (QED) is 0.894. The van der Waals surface area contributed by atoms with Crippen LogP contribution in [0.3, 0.4) is 0 Å². The van der Waals surface area contributed by atoms with Crippen LogP contribution >= 0.6 is 0 Å². The molecular weight excluding hydrogens is 255 g/mol. The Hall–Kier alpha value is -1.27. The normalized spacial score (nSPS) is 19.5. The minimum atomic E-state index is -4.39. The van der Waals surface area contributed by atoms with Crippen molar-refractivity contribution in [1.82, 2.24) is 4.90 Å². The summed E-state index contributed by atoms with van der Waals surface area (Å²) in [5.74, 6) is 0. The van der Waals surface area contributed by atoms with Crippen molar-refractivity contribution < 1.29 is 13.2 Å². The number of anilines is 1. The van der Waals surface area contributed by atoms with Crippen LogP contribution in [0.5, 0.6) is 0 Å². The van der Waals surface area contributed by atoms with Crippen molar-refractivity contribution >= 4 is 5.69 Å². The maximum absolute atomic E-state index is 12.5. The number of rotatable bonds is 2. The van der Waals surface area contributed by atoms with Crippen LogP contribution in [-0.2, 0) is 0 Å². The second-order valence-corrected chi connectivity index (χ2v) is 4.90. The molecule has 1 aliphatic rings. The van der Waals surface area contributed by atoms with Crippen LogP contribution in [0.1, 0.15) is 11.6 Å². The molecule has 1 heterocycles. The lowest BCUT2D eigenvalue weighted by atomic mass is 10.1. The molecule has 19 heavy (non-hydrogen) atoms. The van der Waals surface area contributed by atoms with Gasteiger partial charge in [0.1, 0.15) is 6.04 Å². The SMILES string of the molecule is CN1CCN(c2ccc([C@H](N)C(F)(F)F)cc2)CC1. The van der Waals surface area contributed by atoms with E-state index in [-0.39, 0.29) is 5.56 Å². The molecule has 0 unspecified atom stereocenters. The topological polar surface area (TPSA) is 32.5 Å². The van der Waals surface area contributed by atoms with Crippen molar-refractivity contribution in [3.63, 3.8) is 0 Å². The van der Waals surface area contributed by atoms with Gasteiger partial charge in [0.2, 0.25) is 0 Å². The van der Waals surface area contributed by atoms with Crippen LogP contribution in [0.15, 0.2) is 24.3 Å². The molecule has 1 atom stereocenters. The van der Waals surface area contributed by atoms with Crippen molar-refractivity contribution in [2.45, 2.75) is 12.2 Å². The summed E-state index contributed by atoms with van der Waals surface area (Å²) >= 11 is 0. The van der Waals surface area contributed by atoms with Crippen molar-refractivity contribution in [3.05, 3.63) is 29.8 Å². The van der Waals surface area contributed by atoms with Gasteiger partial charge in [-0.15, -0.1) is 0 Å². The van der Waals surface area contributed by atoms with E-state index in [1.54, 1.807) is 12.1 Å². The Morgan fingerprint density at radius 1 is 1.05 bits per heavy atom. The van der Waals surface area contributed by atoms with Gasteiger partial charge < -0.3 is 15.5 Å². The molecule has 2 rings (SSSR count). The van der Waals surface area contributed by atoms with E-state index in [4.69, 9.17) is 5.73 Å². The predicted octanol–water partition coefficient (Wildman–Crippen LogP) is 2.00. The van der Waals surface area contributed by atoms with Gasteiger partial charge in [-0.05, 0) is 24.7 Å². The summed E-state index contributed by atoms with van der Waals surface area (Å²) in [5.41, 5.74) is 6.23. The highest BCUT2D eigenvalue weighted by atomic mass is 19.4. The Kier molecular flexibility index (Phi) is 4.01. The summed E-state index contributed by atoms with van der Waals surface area (Å²) in [6.45, 7) is 3.70. The van der Waals surface area contributed by atoms with Gasteiger partial charge in [-0.25, -0.2) is 0 Å². The molecule has 1 aromatic carbocycles. The molecule has 106 valence electrons. The van der Waals surface area contributed by atoms with E-state index in [1.165, 1.54) is 12.1 Å². The molecule has 0 aliphatic carbocycles. The highest BCUT2D eigenvalue weighted by molar-refractivity contribution is 5.48. The molecule has 1 saturated heterocycles. The van der Waals surface area contributed by atoms with E-state index in [0.717, 1.165) is 31.9 Å². The largest absolute Gasteiger partial charge is 0.407 e. The second kappa shape index (κ2) is 5.38. The highest BCUT2D eigenvalue weighted by Crippen LogP contribution is 2.31. The van der Waals surface area contributed by atoms with E-state index < -0.39 is 12.2 Å². The number of hydrogen-bond acceptors (Lipinski definition) is 3. The molecule has 1 fully saturated rings. The molecule has 1 aromatic rings. The van der Waals surface area contributed by atoms with Gasteiger partial charge in [-0.1, -0.05) is 12.1 Å². The monoisotopic (exact) mass is 273 g/mol. The van der Waals surface area contributed by atoms with Gasteiger partial charge in [0.25, 0.3) is 0 Å². The molecule has 0 bridgehead atoms. The number of nitrogens with zero attached hydrogens (tertiary/aromatic N) is 2. The third kappa shape index (κ3) is 3.39. The maximum atomic E-state index is 12.5. The Balaban J connectivity index is 2.06. The first-order valence-electron chi connectivity index (χ1n) is 6.23. The molecule has 0 amide bonds. The van der Waals surface area contributed by atoms with E-state index in [1.807, 2.05) is 0 Å². The summed E-state index contributed by atoms with van der Waals surface area (Å²) in [7, 11) is 2.06. The zero-order valence-corrected chi connectivity index (χ0v) is 10.8. The molecule has 3 nitrogen and oxygen atoms in total. The highest BCUT2D eigenvalue weighted by Gasteiger charge is 2.37. The molecule has 1 aliphatic heterocycles. The zero-order chi connectivity index (χ0) is 14.0. The molecule has 0 radical (unpaired) electrons. The number of benzene rings is 1. The van der Waals surface area contributed by atoms with Crippen LogP contribution in [-0.4, -0.2) is 44.3 Å². The van der Waals surface area contributed by atoms with Gasteiger partial charge >= 0.3 is 6.18 Å². The van der Waals surface area contributed by atoms with Crippen LogP contribution < -0.4 is 10.6 Å². The summed E-state index contributed by atoms with van der Waals surface area (Å²) in [4.78, 5) is 4.40. The van der Waals surface area contributed by atoms with Crippen molar-refractivity contribution in [3.8, 4) is 0 Å². The average molecular weight is 273 g/mol. The van der Waals surface area contributed by atoms with Crippen LogP contribution in [0, 0.1) is 0 Å². The standard InChI is InChI=1S/C13H18F3N3/c1-18-6-8-19(9-7-18)11-4-2-10(3-5-11)12(17)13(14,15)16/h2-5,12H,6-9,17H2,1H3/t12-/m0/s1. The first kappa shape index (κ1) is 14.1. The van der Waals surface area contributed by atoms with E-state index >= 15 is 0 Å². The third-order valence-electron chi connectivity index (χ3n) is 3.47. The fourth-order valence-corrected chi connectivity index (χ4v) is 2.15. The van der Waals surface area contributed by atoms with Gasteiger partial charge in [0.05, 0.1) is 0 Å². The number of hydrogen-bond donors (Lipinski definition) is 1. The minimum absolute atomic E-state index is 0.102. The van der Waals surface area contributed by atoms with Crippen LogP contribution in [0.4, 0.5) is 18.9 Å². The summed E-state index contributed by atoms with van der Waals surface area (Å²) in [5, 5.41) is 0. The fourth-order valence-electron chi connectivity index (χ4n) is 2.15. The Morgan fingerprint density at radius 2 is 1.58 bits per heavy atom.